The highest BCUT2D eigenvalue weighted by atomic mass is 79.9. The molecule has 1 nitrogen and oxygen atoms in total. The second-order valence-corrected chi connectivity index (χ2v) is 6.38. The molecular weight excluding hydrogens is 306 g/mol. The Bertz CT molecular complexity index is 480. The average Bonchev–Trinajstić information content (AvgIpc) is 2.83. The first-order valence-corrected chi connectivity index (χ1v) is 7.87. The number of rotatable bonds is 5. The van der Waals surface area contributed by atoms with Crippen molar-refractivity contribution < 1.29 is 0 Å². The van der Waals surface area contributed by atoms with Crippen molar-refractivity contribution in [1.29, 1.82) is 0 Å². The molecule has 2 unspecified atom stereocenters. The van der Waals surface area contributed by atoms with Crippen molar-refractivity contribution >= 4 is 27.3 Å². The van der Waals surface area contributed by atoms with Crippen LogP contribution < -0.4 is 5.32 Å². The molecule has 0 bridgehead atoms. The lowest BCUT2D eigenvalue weighted by Crippen LogP contribution is -2.23. The van der Waals surface area contributed by atoms with Crippen molar-refractivity contribution in [2.75, 3.05) is 6.54 Å². The first kappa shape index (κ1) is 13.8. The summed E-state index contributed by atoms with van der Waals surface area (Å²) in [5.74, 6) is 0.535. The van der Waals surface area contributed by atoms with Crippen LogP contribution in [0.5, 0.6) is 0 Å². The largest absolute Gasteiger partial charge is 0.309 e. The molecule has 3 heteroatoms. The summed E-state index contributed by atoms with van der Waals surface area (Å²) in [6.45, 7) is 5.47. The van der Waals surface area contributed by atoms with Crippen LogP contribution in [0.3, 0.4) is 0 Å². The Kier molecular flexibility index (Phi) is 4.98. The van der Waals surface area contributed by atoms with E-state index in [1.54, 1.807) is 11.3 Å². The van der Waals surface area contributed by atoms with Gasteiger partial charge < -0.3 is 5.32 Å². The fourth-order valence-electron chi connectivity index (χ4n) is 1.96. The van der Waals surface area contributed by atoms with Crippen LogP contribution in [0.1, 0.15) is 36.2 Å². The Balaban J connectivity index is 1.90. The number of thiophene rings is 1. The van der Waals surface area contributed by atoms with Crippen molar-refractivity contribution in [2.45, 2.75) is 25.8 Å². The molecule has 2 atom stereocenters. The molecule has 0 aliphatic rings. The minimum absolute atomic E-state index is 0.394. The van der Waals surface area contributed by atoms with E-state index in [4.69, 9.17) is 0 Å². The van der Waals surface area contributed by atoms with Gasteiger partial charge in [-0.1, -0.05) is 37.3 Å². The maximum absolute atomic E-state index is 3.60. The molecule has 0 aliphatic carbocycles. The van der Waals surface area contributed by atoms with E-state index in [0.717, 1.165) is 6.54 Å². The quantitative estimate of drug-likeness (QED) is 0.819. The van der Waals surface area contributed by atoms with Crippen molar-refractivity contribution in [2.24, 2.45) is 0 Å². The number of halogens is 1. The van der Waals surface area contributed by atoms with Crippen LogP contribution in [0.2, 0.25) is 0 Å². The molecule has 2 aromatic rings. The summed E-state index contributed by atoms with van der Waals surface area (Å²) >= 11 is 5.38. The molecule has 1 N–H and O–H groups in total. The lowest BCUT2D eigenvalue weighted by Gasteiger charge is -2.17. The van der Waals surface area contributed by atoms with Crippen molar-refractivity contribution in [3.63, 3.8) is 0 Å². The fourth-order valence-corrected chi connectivity index (χ4v) is 3.71. The van der Waals surface area contributed by atoms with Crippen LogP contribution in [0.25, 0.3) is 0 Å². The van der Waals surface area contributed by atoms with Gasteiger partial charge in [0.1, 0.15) is 0 Å². The lowest BCUT2D eigenvalue weighted by atomic mass is 10.0. The van der Waals surface area contributed by atoms with Gasteiger partial charge >= 0.3 is 0 Å². The van der Waals surface area contributed by atoms with E-state index < -0.39 is 0 Å². The zero-order valence-electron chi connectivity index (χ0n) is 10.7. The third-order valence-electron chi connectivity index (χ3n) is 3.14. The van der Waals surface area contributed by atoms with Crippen LogP contribution in [0.4, 0.5) is 0 Å². The zero-order valence-corrected chi connectivity index (χ0v) is 13.1. The summed E-state index contributed by atoms with van der Waals surface area (Å²) < 4.78 is 1.21. The van der Waals surface area contributed by atoms with Crippen LogP contribution in [0, 0.1) is 0 Å². The number of hydrogen-bond donors (Lipinski definition) is 1. The van der Waals surface area contributed by atoms with Gasteiger partial charge in [-0.05, 0) is 45.8 Å². The van der Waals surface area contributed by atoms with Crippen LogP contribution >= 0.6 is 27.3 Å². The van der Waals surface area contributed by atoms with Gasteiger partial charge in [-0.25, -0.2) is 0 Å². The number of benzene rings is 1. The van der Waals surface area contributed by atoms with Gasteiger partial charge in [0.15, 0.2) is 0 Å². The Hall–Kier alpha value is -0.640. The Morgan fingerprint density at radius 1 is 1.17 bits per heavy atom. The molecule has 0 fully saturated rings. The maximum Gasteiger partial charge on any atom is 0.0397 e. The van der Waals surface area contributed by atoms with Gasteiger partial charge in [0.05, 0.1) is 0 Å². The van der Waals surface area contributed by atoms with Gasteiger partial charge in [-0.2, -0.15) is 0 Å². The highest BCUT2D eigenvalue weighted by Gasteiger charge is 2.12. The lowest BCUT2D eigenvalue weighted by molar-refractivity contribution is 0.542. The monoisotopic (exact) mass is 323 g/mol. The molecule has 0 saturated heterocycles. The van der Waals surface area contributed by atoms with E-state index >= 15 is 0 Å². The number of nitrogens with one attached hydrogen (secondary N) is 1. The van der Waals surface area contributed by atoms with E-state index in [1.165, 1.54) is 14.9 Å². The summed E-state index contributed by atoms with van der Waals surface area (Å²) in [6.07, 6.45) is 0. The molecular formula is C15H18BrNS. The summed E-state index contributed by atoms with van der Waals surface area (Å²) in [7, 11) is 0. The zero-order chi connectivity index (χ0) is 13.0. The fraction of sp³-hybridized carbons (Fsp3) is 0.333. The minimum Gasteiger partial charge on any atom is -0.309 e. The van der Waals surface area contributed by atoms with E-state index in [1.807, 2.05) is 0 Å². The molecule has 18 heavy (non-hydrogen) atoms. The normalized spacial score (nSPS) is 14.4. The standard InChI is InChI=1S/C15H18BrNS/c1-11(13-6-4-3-5-7-13)10-17-12(2)15-14(16)8-9-18-15/h3-9,11-12,17H,10H2,1-2H3. The van der Waals surface area contributed by atoms with E-state index in [9.17, 15) is 0 Å². The van der Waals surface area contributed by atoms with Gasteiger partial charge in [0.2, 0.25) is 0 Å². The first-order valence-electron chi connectivity index (χ1n) is 6.19. The molecule has 96 valence electrons. The Labute approximate surface area is 121 Å². The maximum atomic E-state index is 3.60. The van der Waals surface area contributed by atoms with Crippen LogP contribution in [-0.4, -0.2) is 6.54 Å². The van der Waals surface area contributed by atoms with Gasteiger partial charge in [-0.3, -0.25) is 0 Å². The molecule has 2 rings (SSSR count). The third-order valence-corrected chi connectivity index (χ3v) is 5.19. The Morgan fingerprint density at radius 3 is 2.50 bits per heavy atom. The van der Waals surface area contributed by atoms with Crippen molar-refractivity contribution in [1.82, 2.24) is 5.32 Å². The van der Waals surface area contributed by atoms with E-state index in [2.05, 4.69) is 76.9 Å². The average molecular weight is 324 g/mol. The van der Waals surface area contributed by atoms with Crippen LogP contribution in [-0.2, 0) is 0 Å². The second-order valence-electron chi connectivity index (χ2n) is 4.57. The van der Waals surface area contributed by atoms with E-state index in [0.29, 0.717) is 12.0 Å². The van der Waals surface area contributed by atoms with Gasteiger partial charge in [0.25, 0.3) is 0 Å². The molecule has 0 spiro atoms. The van der Waals surface area contributed by atoms with Crippen LogP contribution in [0.15, 0.2) is 46.3 Å². The molecule has 0 amide bonds. The molecule has 0 radical (unpaired) electrons. The topological polar surface area (TPSA) is 12.0 Å². The molecule has 0 aliphatic heterocycles. The first-order chi connectivity index (χ1) is 8.68. The molecule has 0 saturated carbocycles. The SMILES string of the molecule is CC(CNC(C)c1sccc1Br)c1ccccc1. The molecule has 1 aromatic heterocycles. The molecule has 1 aromatic carbocycles. The second kappa shape index (κ2) is 6.50. The minimum atomic E-state index is 0.394. The smallest absolute Gasteiger partial charge is 0.0397 e. The highest BCUT2D eigenvalue weighted by molar-refractivity contribution is 9.10. The predicted molar refractivity (Wildman–Crippen MR) is 83.3 cm³/mol. The Morgan fingerprint density at radius 2 is 1.89 bits per heavy atom. The third kappa shape index (κ3) is 3.44. The van der Waals surface area contributed by atoms with E-state index in [-0.39, 0.29) is 0 Å². The predicted octanol–water partition coefficient (Wildman–Crippen LogP) is 4.96. The van der Waals surface area contributed by atoms with Gasteiger partial charge in [-0.15, -0.1) is 11.3 Å². The van der Waals surface area contributed by atoms with Crippen molar-refractivity contribution in [3.8, 4) is 0 Å². The van der Waals surface area contributed by atoms with Gasteiger partial charge in [0, 0.05) is 21.9 Å². The number of hydrogen-bond acceptors (Lipinski definition) is 2. The summed E-state index contributed by atoms with van der Waals surface area (Å²) in [4.78, 5) is 1.37. The van der Waals surface area contributed by atoms with Crippen molar-refractivity contribution in [3.05, 3.63) is 56.7 Å². The summed E-state index contributed by atoms with van der Waals surface area (Å²) in [5.41, 5.74) is 1.39. The molecule has 1 heterocycles. The summed E-state index contributed by atoms with van der Waals surface area (Å²) in [5, 5.41) is 5.73. The summed E-state index contributed by atoms with van der Waals surface area (Å²) in [6, 6.07) is 13.2. The highest BCUT2D eigenvalue weighted by Crippen LogP contribution is 2.29.